The van der Waals surface area contributed by atoms with Crippen molar-refractivity contribution in [1.29, 1.82) is 0 Å². The van der Waals surface area contributed by atoms with Gasteiger partial charge in [0, 0.05) is 12.2 Å². The molecule has 1 N–H and O–H groups in total. The van der Waals surface area contributed by atoms with Crippen LogP contribution in [-0.2, 0) is 14.8 Å². The van der Waals surface area contributed by atoms with E-state index in [1.807, 2.05) is 32.0 Å². The van der Waals surface area contributed by atoms with Gasteiger partial charge in [0.05, 0.1) is 12.8 Å². The van der Waals surface area contributed by atoms with Gasteiger partial charge in [-0.15, -0.1) is 0 Å². The van der Waals surface area contributed by atoms with Gasteiger partial charge in [-0.3, -0.25) is 4.79 Å². The van der Waals surface area contributed by atoms with Gasteiger partial charge in [0.25, 0.3) is 0 Å². The molecule has 0 aliphatic carbocycles. The molecule has 6 heteroatoms. The Morgan fingerprint density at radius 1 is 1.14 bits per heavy atom. The monoisotopic (exact) mass is 326 g/mol. The fourth-order valence-corrected chi connectivity index (χ4v) is 3.12. The molecule has 0 spiro atoms. The number of carbonyl (C=O) groups is 1. The van der Waals surface area contributed by atoms with E-state index in [9.17, 15) is 13.2 Å². The summed E-state index contributed by atoms with van der Waals surface area (Å²) in [5.41, 5.74) is 2.81. The predicted molar refractivity (Wildman–Crippen MR) is 90.5 cm³/mol. The number of amides is 1. The normalized spacial score (nSPS) is 11.7. The van der Waals surface area contributed by atoms with Crippen LogP contribution in [0.25, 0.3) is 0 Å². The summed E-state index contributed by atoms with van der Waals surface area (Å²) in [4.78, 5) is 12.1. The molecule has 0 aromatic heterocycles. The zero-order chi connectivity index (χ0) is 16.8. The molecule has 0 saturated carbocycles. The highest BCUT2D eigenvalue weighted by molar-refractivity contribution is 7.88. The molecular formula is C16H26N2O3S. The summed E-state index contributed by atoms with van der Waals surface area (Å²) < 4.78 is 24.8. The van der Waals surface area contributed by atoms with Crippen LogP contribution in [-0.4, -0.2) is 38.0 Å². The van der Waals surface area contributed by atoms with E-state index in [1.54, 1.807) is 0 Å². The van der Waals surface area contributed by atoms with Gasteiger partial charge in [-0.05, 0) is 43.5 Å². The van der Waals surface area contributed by atoms with Crippen molar-refractivity contribution in [3.05, 3.63) is 29.3 Å². The average molecular weight is 326 g/mol. The molecule has 0 saturated heterocycles. The summed E-state index contributed by atoms with van der Waals surface area (Å²) in [6.45, 7) is 6.20. The first-order valence-electron chi connectivity index (χ1n) is 7.55. The molecular weight excluding hydrogens is 300 g/mol. The van der Waals surface area contributed by atoms with Crippen LogP contribution in [0.15, 0.2) is 18.2 Å². The summed E-state index contributed by atoms with van der Waals surface area (Å²) in [7, 11) is -3.38. The van der Waals surface area contributed by atoms with Crippen LogP contribution >= 0.6 is 0 Å². The zero-order valence-corrected chi connectivity index (χ0v) is 14.7. The quantitative estimate of drug-likeness (QED) is 0.747. The van der Waals surface area contributed by atoms with E-state index >= 15 is 0 Å². The zero-order valence-electron chi connectivity index (χ0n) is 13.8. The fourth-order valence-electron chi connectivity index (χ4n) is 2.31. The molecule has 1 rings (SSSR count). The topological polar surface area (TPSA) is 66.5 Å². The number of carbonyl (C=O) groups excluding carboxylic acids is 1. The van der Waals surface area contributed by atoms with Crippen LogP contribution in [0.1, 0.15) is 37.3 Å². The fraction of sp³-hybridized carbons (Fsp3) is 0.562. The first kappa shape index (κ1) is 18.6. The van der Waals surface area contributed by atoms with Gasteiger partial charge in [0.15, 0.2) is 0 Å². The lowest BCUT2D eigenvalue weighted by Crippen LogP contribution is -2.38. The van der Waals surface area contributed by atoms with Gasteiger partial charge in [-0.1, -0.05) is 25.8 Å². The second-order valence-electron chi connectivity index (χ2n) is 5.73. The second kappa shape index (κ2) is 8.29. The van der Waals surface area contributed by atoms with E-state index in [1.165, 1.54) is 4.31 Å². The number of unbranched alkanes of at least 4 members (excludes halogenated alkanes) is 2. The molecule has 1 amide bonds. The number of hydrogen-bond donors (Lipinski definition) is 1. The Kier molecular flexibility index (Phi) is 7.03. The largest absolute Gasteiger partial charge is 0.325 e. The minimum atomic E-state index is -3.38. The Bertz CT molecular complexity index is 592. The second-order valence-corrected chi connectivity index (χ2v) is 7.71. The third kappa shape index (κ3) is 6.58. The van der Waals surface area contributed by atoms with Gasteiger partial charge in [-0.25, -0.2) is 8.42 Å². The lowest BCUT2D eigenvalue weighted by atomic mass is 10.1. The highest BCUT2D eigenvalue weighted by Gasteiger charge is 2.19. The van der Waals surface area contributed by atoms with Crippen molar-refractivity contribution >= 4 is 21.6 Å². The Labute approximate surface area is 133 Å². The van der Waals surface area contributed by atoms with Crippen LogP contribution in [0.5, 0.6) is 0 Å². The molecule has 1 aromatic carbocycles. The third-order valence-corrected chi connectivity index (χ3v) is 4.56. The molecule has 0 atom stereocenters. The molecule has 0 aliphatic heterocycles. The van der Waals surface area contributed by atoms with E-state index in [0.29, 0.717) is 12.2 Å². The standard InChI is InChI=1S/C16H26N2O3S/c1-5-6-7-8-18(22(4,20)21)12-16(19)17-15-10-13(2)9-14(3)11-15/h9-11H,5-8,12H2,1-4H3,(H,17,19). The van der Waals surface area contributed by atoms with E-state index in [0.717, 1.165) is 36.6 Å². The van der Waals surface area contributed by atoms with E-state index in [-0.39, 0.29) is 12.5 Å². The lowest BCUT2D eigenvalue weighted by Gasteiger charge is -2.19. The van der Waals surface area contributed by atoms with Gasteiger partial charge >= 0.3 is 0 Å². The van der Waals surface area contributed by atoms with E-state index < -0.39 is 10.0 Å². The highest BCUT2D eigenvalue weighted by atomic mass is 32.2. The van der Waals surface area contributed by atoms with Gasteiger partial charge in [0.2, 0.25) is 15.9 Å². The number of nitrogens with zero attached hydrogens (tertiary/aromatic N) is 1. The molecule has 1 aromatic rings. The number of nitrogens with one attached hydrogen (secondary N) is 1. The maximum Gasteiger partial charge on any atom is 0.239 e. The minimum absolute atomic E-state index is 0.143. The van der Waals surface area contributed by atoms with Crippen LogP contribution in [0, 0.1) is 13.8 Å². The van der Waals surface area contributed by atoms with Crippen molar-refractivity contribution in [3.63, 3.8) is 0 Å². The lowest BCUT2D eigenvalue weighted by molar-refractivity contribution is -0.116. The van der Waals surface area contributed by atoms with Crippen LogP contribution in [0.4, 0.5) is 5.69 Å². The molecule has 0 heterocycles. The molecule has 0 unspecified atom stereocenters. The minimum Gasteiger partial charge on any atom is -0.325 e. The number of anilines is 1. The molecule has 0 aliphatic rings. The van der Waals surface area contributed by atoms with Crippen molar-refractivity contribution in [2.75, 3.05) is 24.7 Å². The first-order chi connectivity index (χ1) is 10.2. The number of aryl methyl sites for hydroxylation is 2. The van der Waals surface area contributed by atoms with Crippen molar-refractivity contribution in [1.82, 2.24) is 4.31 Å². The number of sulfonamides is 1. The molecule has 5 nitrogen and oxygen atoms in total. The van der Waals surface area contributed by atoms with Crippen LogP contribution in [0.2, 0.25) is 0 Å². The summed E-state index contributed by atoms with van der Waals surface area (Å²) in [6, 6.07) is 5.75. The first-order valence-corrected chi connectivity index (χ1v) is 9.40. The van der Waals surface area contributed by atoms with Gasteiger partial charge in [0.1, 0.15) is 0 Å². The summed E-state index contributed by atoms with van der Waals surface area (Å²) >= 11 is 0. The summed E-state index contributed by atoms with van der Waals surface area (Å²) in [5, 5.41) is 2.77. The van der Waals surface area contributed by atoms with Gasteiger partial charge in [-0.2, -0.15) is 4.31 Å². The predicted octanol–water partition coefficient (Wildman–Crippen LogP) is 2.69. The highest BCUT2D eigenvalue weighted by Crippen LogP contribution is 2.14. The van der Waals surface area contributed by atoms with Crippen molar-refractivity contribution in [2.24, 2.45) is 0 Å². The SMILES string of the molecule is CCCCCN(CC(=O)Nc1cc(C)cc(C)c1)S(C)(=O)=O. The van der Waals surface area contributed by atoms with Gasteiger partial charge < -0.3 is 5.32 Å². The van der Waals surface area contributed by atoms with E-state index in [2.05, 4.69) is 12.2 Å². The average Bonchev–Trinajstić information content (AvgIpc) is 2.35. The maximum absolute atomic E-state index is 12.1. The molecule has 124 valence electrons. The van der Waals surface area contributed by atoms with Crippen molar-refractivity contribution < 1.29 is 13.2 Å². The third-order valence-electron chi connectivity index (χ3n) is 3.31. The summed E-state index contributed by atoms with van der Waals surface area (Å²) in [5.74, 6) is -0.313. The van der Waals surface area contributed by atoms with Crippen LogP contribution < -0.4 is 5.32 Å². The smallest absolute Gasteiger partial charge is 0.239 e. The van der Waals surface area contributed by atoms with Crippen LogP contribution in [0.3, 0.4) is 0 Å². The number of hydrogen-bond acceptors (Lipinski definition) is 3. The molecule has 0 bridgehead atoms. The Balaban J connectivity index is 2.70. The molecule has 0 radical (unpaired) electrons. The summed E-state index contributed by atoms with van der Waals surface area (Å²) in [6.07, 6.45) is 3.86. The molecule has 0 fully saturated rings. The number of rotatable bonds is 8. The molecule has 22 heavy (non-hydrogen) atoms. The number of benzene rings is 1. The van der Waals surface area contributed by atoms with E-state index in [4.69, 9.17) is 0 Å². The maximum atomic E-state index is 12.1. The Hall–Kier alpha value is -1.40. The van der Waals surface area contributed by atoms with Crippen molar-refractivity contribution in [3.8, 4) is 0 Å². The Morgan fingerprint density at radius 2 is 1.73 bits per heavy atom. The van der Waals surface area contributed by atoms with Crippen molar-refractivity contribution in [2.45, 2.75) is 40.0 Å². The Morgan fingerprint density at radius 3 is 2.23 bits per heavy atom.